The summed E-state index contributed by atoms with van der Waals surface area (Å²) in [5.41, 5.74) is 8.34. The van der Waals surface area contributed by atoms with Crippen LogP contribution in [0.25, 0.3) is 5.70 Å². The van der Waals surface area contributed by atoms with Gasteiger partial charge in [-0.05, 0) is 25.5 Å². The molecule has 2 rings (SSSR count). The topological polar surface area (TPSA) is 91.6 Å². The molecule has 23 heavy (non-hydrogen) atoms. The third-order valence-corrected chi connectivity index (χ3v) is 3.95. The molecule has 0 aromatic carbocycles. The Morgan fingerprint density at radius 2 is 2.17 bits per heavy atom. The van der Waals surface area contributed by atoms with Gasteiger partial charge in [0, 0.05) is 20.0 Å². The Hall–Kier alpha value is -1.93. The minimum absolute atomic E-state index is 0.0769. The number of aromatic nitrogens is 1. The fourth-order valence-corrected chi connectivity index (χ4v) is 2.74. The molecule has 0 radical (unpaired) electrons. The summed E-state index contributed by atoms with van der Waals surface area (Å²) >= 11 is 0. The van der Waals surface area contributed by atoms with Gasteiger partial charge in [0.05, 0.1) is 41.6 Å². The Morgan fingerprint density at radius 3 is 2.70 bits per heavy atom. The number of pyridine rings is 1. The van der Waals surface area contributed by atoms with Crippen LogP contribution in [0, 0.1) is 6.92 Å². The van der Waals surface area contributed by atoms with Gasteiger partial charge >= 0.3 is 0 Å². The van der Waals surface area contributed by atoms with E-state index in [2.05, 4.69) is 4.98 Å². The van der Waals surface area contributed by atoms with Crippen LogP contribution in [0.4, 0.5) is 14.5 Å². The summed E-state index contributed by atoms with van der Waals surface area (Å²) in [6, 6.07) is 3.39. The van der Waals surface area contributed by atoms with E-state index in [0.717, 1.165) is 0 Å². The molecule has 0 amide bonds. The summed E-state index contributed by atoms with van der Waals surface area (Å²) in [6.45, 7) is 1.72. The fraction of sp³-hybridized carbons (Fsp3) is 0.533. The maximum absolute atomic E-state index is 13.6. The molecule has 128 valence electrons. The zero-order valence-electron chi connectivity index (χ0n) is 13.4. The SMILES string of the molecule is Cc1nc(/C(N)=C(\CO)N(C)N)ccc1N1CCCC(F)(F)C1. The first-order chi connectivity index (χ1) is 10.7. The van der Waals surface area contributed by atoms with Crippen molar-refractivity contribution in [2.24, 2.45) is 11.6 Å². The molecular formula is C15H23F2N5O. The van der Waals surface area contributed by atoms with E-state index in [4.69, 9.17) is 11.6 Å². The van der Waals surface area contributed by atoms with Crippen molar-refractivity contribution in [3.63, 3.8) is 0 Å². The number of aliphatic hydroxyl groups excluding tert-OH is 1. The van der Waals surface area contributed by atoms with Crippen molar-refractivity contribution in [2.75, 3.05) is 31.6 Å². The first kappa shape index (κ1) is 17.4. The number of anilines is 1. The van der Waals surface area contributed by atoms with E-state index >= 15 is 0 Å². The predicted molar refractivity (Wildman–Crippen MR) is 85.5 cm³/mol. The van der Waals surface area contributed by atoms with Crippen molar-refractivity contribution >= 4 is 11.4 Å². The number of hydrogen-bond acceptors (Lipinski definition) is 6. The van der Waals surface area contributed by atoms with Crippen molar-refractivity contribution in [2.45, 2.75) is 25.7 Å². The number of nitrogens with two attached hydrogens (primary N) is 2. The normalized spacial score (nSPS) is 18.6. The van der Waals surface area contributed by atoms with Gasteiger partial charge in [-0.2, -0.15) is 0 Å². The maximum Gasteiger partial charge on any atom is 0.265 e. The van der Waals surface area contributed by atoms with Crippen LogP contribution >= 0.6 is 0 Å². The summed E-state index contributed by atoms with van der Waals surface area (Å²) in [7, 11) is 1.56. The molecule has 0 atom stereocenters. The molecular weight excluding hydrogens is 304 g/mol. The Morgan fingerprint density at radius 1 is 1.48 bits per heavy atom. The monoisotopic (exact) mass is 327 g/mol. The molecule has 5 N–H and O–H groups in total. The third kappa shape index (κ3) is 3.89. The Kier molecular flexibility index (Phi) is 5.06. The molecule has 0 spiro atoms. The summed E-state index contributed by atoms with van der Waals surface area (Å²) in [5, 5.41) is 10.6. The van der Waals surface area contributed by atoms with Crippen LogP contribution < -0.4 is 16.5 Å². The molecule has 1 aliphatic heterocycles. The Labute approximate surface area is 134 Å². The van der Waals surface area contributed by atoms with Gasteiger partial charge in [0.1, 0.15) is 0 Å². The smallest absolute Gasteiger partial charge is 0.265 e. The molecule has 1 saturated heterocycles. The highest BCUT2D eigenvalue weighted by atomic mass is 19.3. The molecule has 1 aromatic heterocycles. The summed E-state index contributed by atoms with van der Waals surface area (Å²) in [5.74, 6) is 2.94. The van der Waals surface area contributed by atoms with Gasteiger partial charge in [-0.3, -0.25) is 0 Å². The van der Waals surface area contributed by atoms with Crippen LogP contribution in [0.15, 0.2) is 17.8 Å². The van der Waals surface area contributed by atoms with Gasteiger partial charge in [0.2, 0.25) is 0 Å². The highest BCUT2D eigenvalue weighted by Crippen LogP contribution is 2.31. The average molecular weight is 327 g/mol. The summed E-state index contributed by atoms with van der Waals surface area (Å²) < 4.78 is 27.2. The van der Waals surface area contributed by atoms with Crippen molar-refractivity contribution in [3.8, 4) is 0 Å². The highest BCUT2D eigenvalue weighted by Gasteiger charge is 2.35. The Bertz CT molecular complexity index is 604. The number of aliphatic hydroxyl groups is 1. The van der Waals surface area contributed by atoms with E-state index in [1.54, 1.807) is 31.0 Å². The first-order valence-electron chi connectivity index (χ1n) is 7.44. The second-order valence-electron chi connectivity index (χ2n) is 5.81. The van der Waals surface area contributed by atoms with E-state index < -0.39 is 5.92 Å². The van der Waals surface area contributed by atoms with Gasteiger partial charge in [-0.25, -0.2) is 19.6 Å². The lowest BCUT2D eigenvalue weighted by Crippen LogP contribution is -2.43. The van der Waals surface area contributed by atoms with Gasteiger partial charge in [-0.1, -0.05) is 0 Å². The first-order valence-corrected chi connectivity index (χ1v) is 7.44. The third-order valence-electron chi connectivity index (χ3n) is 3.95. The van der Waals surface area contributed by atoms with Crippen LogP contribution in [0.3, 0.4) is 0 Å². The van der Waals surface area contributed by atoms with Crippen LogP contribution in [0.5, 0.6) is 0 Å². The van der Waals surface area contributed by atoms with E-state index in [0.29, 0.717) is 35.7 Å². The quantitative estimate of drug-likeness (QED) is 0.566. The molecule has 0 aliphatic carbocycles. The molecule has 2 heterocycles. The van der Waals surface area contributed by atoms with E-state index in [1.807, 2.05) is 0 Å². The zero-order valence-corrected chi connectivity index (χ0v) is 13.4. The predicted octanol–water partition coefficient (Wildman–Crippen LogP) is 1.05. The van der Waals surface area contributed by atoms with Crippen LogP contribution in [-0.4, -0.2) is 47.8 Å². The number of likely N-dealkylation sites (N-methyl/N-ethyl adjacent to an activating group) is 1. The lowest BCUT2D eigenvalue weighted by Gasteiger charge is -2.34. The van der Waals surface area contributed by atoms with Gasteiger partial charge in [0.15, 0.2) is 0 Å². The lowest BCUT2D eigenvalue weighted by atomic mass is 10.1. The molecule has 0 saturated carbocycles. The number of aryl methyl sites for hydroxylation is 1. The van der Waals surface area contributed by atoms with Crippen molar-refractivity contribution in [1.29, 1.82) is 0 Å². The second-order valence-corrected chi connectivity index (χ2v) is 5.81. The van der Waals surface area contributed by atoms with Crippen LogP contribution in [-0.2, 0) is 0 Å². The van der Waals surface area contributed by atoms with Crippen molar-refractivity contribution < 1.29 is 13.9 Å². The number of hydrogen-bond donors (Lipinski definition) is 3. The molecule has 1 fully saturated rings. The number of rotatable bonds is 4. The lowest BCUT2D eigenvalue weighted by molar-refractivity contribution is -0.0117. The number of nitrogens with zero attached hydrogens (tertiary/aromatic N) is 3. The van der Waals surface area contributed by atoms with Gasteiger partial charge < -0.3 is 20.7 Å². The van der Waals surface area contributed by atoms with Crippen molar-refractivity contribution in [1.82, 2.24) is 9.99 Å². The minimum Gasteiger partial charge on any atom is -0.395 e. The Balaban J connectivity index is 2.31. The molecule has 0 unspecified atom stereocenters. The van der Waals surface area contributed by atoms with E-state index in [1.165, 1.54) is 5.01 Å². The number of alkyl halides is 2. The largest absolute Gasteiger partial charge is 0.395 e. The second kappa shape index (κ2) is 6.67. The zero-order chi connectivity index (χ0) is 17.2. The minimum atomic E-state index is -2.67. The molecule has 1 aliphatic rings. The summed E-state index contributed by atoms with van der Waals surface area (Å²) in [4.78, 5) is 6.03. The van der Waals surface area contributed by atoms with E-state index in [-0.39, 0.29) is 25.3 Å². The summed E-state index contributed by atoms with van der Waals surface area (Å²) in [6.07, 6.45) is 0.370. The maximum atomic E-state index is 13.6. The molecule has 1 aromatic rings. The number of halogens is 2. The fourth-order valence-electron chi connectivity index (χ4n) is 2.74. The van der Waals surface area contributed by atoms with Gasteiger partial charge in [0.25, 0.3) is 5.92 Å². The van der Waals surface area contributed by atoms with Crippen LogP contribution in [0.2, 0.25) is 0 Å². The number of piperidine rings is 1. The molecule has 6 nitrogen and oxygen atoms in total. The highest BCUT2D eigenvalue weighted by molar-refractivity contribution is 5.65. The molecule has 8 heteroatoms. The molecule has 0 bridgehead atoms. The standard InChI is InChI=1S/C15H23F2N5O/c1-10-12(22-7-3-6-15(16,17)9-22)5-4-11(20-10)14(18)13(8-23)21(2)19/h4-5,23H,3,6-9,18-19H2,1-2H3/b14-13-. The van der Waals surface area contributed by atoms with Crippen molar-refractivity contribution in [3.05, 3.63) is 29.2 Å². The van der Waals surface area contributed by atoms with E-state index in [9.17, 15) is 13.9 Å². The average Bonchev–Trinajstić information content (AvgIpc) is 2.46. The van der Waals surface area contributed by atoms with Gasteiger partial charge in [-0.15, -0.1) is 0 Å². The van der Waals surface area contributed by atoms with Crippen LogP contribution in [0.1, 0.15) is 24.2 Å². The number of hydrazine groups is 1.